The summed E-state index contributed by atoms with van der Waals surface area (Å²) in [6.07, 6.45) is -4.67. The number of nitrogens with one attached hydrogen (secondary N) is 2. The lowest BCUT2D eigenvalue weighted by atomic mass is 10.2. The summed E-state index contributed by atoms with van der Waals surface area (Å²) in [5, 5.41) is 12.6. The molecule has 0 fully saturated rings. The number of rotatable bonds is 4. The van der Waals surface area contributed by atoms with Crippen molar-refractivity contribution in [2.45, 2.75) is 13.1 Å². The Balaban J connectivity index is 2.74. The Morgan fingerprint density at radius 1 is 1.32 bits per heavy atom. The van der Waals surface area contributed by atoms with Crippen LogP contribution in [0.1, 0.15) is 12.5 Å². The first kappa shape index (κ1) is 18.2. The first-order valence-corrected chi connectivity index (χ1v) is 6.59. The van der Waals surface area contributed by atoms with Crippen molar-refractivity contribution in [3.05, 3.63) is 28.8 Å². The molecule has 0 aliphatic heterocycles. The van der Waals surface area contributed by atoms with Gasteiger partial charge in [0.2, 0.25) is 0 Å². The average Bonchev–Trinajstić information content (AvgIpc) is 2.44. The lowest BCUT2D eigenvalue weighted by Gasteiger charge is -2.12. The smallest absolute Gasteiger partial charge is 0.396 e. The van der Waals surface area contributed by atoms with E-state index in [0.29, 0.717) is 6.07 Å². The van der Waals surface area contributed by atoms with Gasteiger partial charge in [0.15, 0.2) is 0 Å². The van der Waals surface area contributed by atoms with Gasteiger partial charge in [-0.05, 0) is 24.1 Å². The molecule has 5 nitrogen and oxygen atoms in total. The Morgan fingerprint density at radius 3 is 2.50 bits per heavy atom. The normalized spacial score (nSPS) is 12.6. The van der Waals surface area contributed by atoms with Gasteiger partial charge in [-0.1, -0.05) is 18.5 Å². The highest BCUT2D eigenvalue weighted by molar-refractivity contribution is 6.39. The van der Waals surface area contributed by atoms with Gasteiger partial charge in [-0.15, -0.1) is 0 Å². The van der Waals surface area contributed by atoms with Crippen LogP contribution in [-0.2, 0) is 15.8 Å². The lowest BCUT2D eigenvalue weighted by molar-refractivity contribution is -0.137. The van der Waals surface area contributed by atoms with Crippen LogP contribution in [0.25, 0.3) is 0 Å². The quantitative estimate of drug-likeness (QED) is 0.735. The zero-order chi connectivity index (χ0) is 16.9. The maximum Gasteiger partial charge on any atom is 0.417 e. The summed E-state index contributed by atoms with van der Waals surface area (Å²) in [6.45, 7) is 1.54. The van der Waals surface area contributed by atoms with E-state index in [1.54, 1.807) is 6.92 Å². The second-order valence-corrected chi connectivity index (χ2v) is 5.05. The van der Waals surface area contributed by atoms with E-state index >= 15 is 0 Å². The summed E-state index contributed by atoms with van der Waals surface area (Å²) in [5.74, 6) is -2.37. The zero-order valence-electron chi connectivity index (χ0n) is 11.5. The van der Waals surface area contributed by atoms with Crippen LogP contribution < -0.4 is 10.6 Å². The molecule has 122 valence electrons. The number of halogens is 4. The number of anilines is 1. The monoisotopic (exact) mass is 338 g/mol. The number of amides is 2. The van der Waals surface area contributed by atoms with Crippen LogP contribution >= 0.6 is 11.6 Å². The van der Waals surface area contributed by atoms with Gasteiger partial charge in [0, 0.05) is 18.8 Å². The Labute approximate surface area is 129 Å². The number of benzene rings is 1. The Hall–Kier alpha value is -1.80. The van der Waals surface area contributed by atoms with E-state index in [4.69, 9.17) is 16.7 Å². The van der Waals surface area contributed by atoms with Gasteiger partial charge in [-0.2, -0.15) is 13.2 Å². The third-order valence-electron chi connectivity index (χ3n) is 2.66. The van der Waals surface area contributed by atoms with E-state index in [1.807, 2.05) is 0 Å². The van der Waals surface area contributed by atoms with Gasteiger partial charge in [-0.3, -0.25) is 9.59 Å². The molecule has 0 spiro atoms. The standard InChI is InChI=1S/C13H14ClF3N2O3/c1-7(6-20)5-18-11(21)12(22)19-8-2-3-10(14)9(4-8)13(15,16)17/h2-4,7,20H,5-6H2,1H3,(H,18,21)(H,19,22). The molecule has 1 rings (SSSR count). The maximum atomic E-state index is 12.7. The van der Waals surface area contributed by atoms with Crippen LogP contribution in [0, 0.1) is 5.92 Å². The molecule has 1 unspecified atom stereocenters. The summed E-state index contributed by atoms with van der Waals surface area (Å²) in [6, 6.07) is 2.77. The highest BCUT2D eigenvalue weighted by atomic mass is 35.5. The fourth-order valence-corrected chi connectivity index (χ4v) is 1.64. The number of carbonyl (C=O) groups is 2. The van der Waals surface area contributed by atoms with Crippen molar-refractivity contribution < 1.29 is 27.9 Å². The van der Waals surface area contributed by atoms with Crippen LogP contribution in [0.2, 0.25) is 5.02 Å². The van der Waals surface area contributed by atoms with Crippen molar-refractivity contribution in [3.8, 4) is 0 Å². The SMILES string of the molecule is CC(CO)CNC(=O)C(=O)Nc1ccc(Cl)c(C(F)(F)F)c1. The van der Waals surface area contributed by atoms with Crippen molar-refractivity contribution in [2.75, 3.05) is 18.5 Å². The van der Waals surface area contributed by atoms with Gasteiger partial charge in [0.05, 0.1) is 10.6 Å². The van der Waals surface area contributed by atoms with Crippen LogP contribution in [-0.4, -0.2) is 30.1 Å². The molecule has 0 saturated heterocycles. The second kappa shape index (κ2) is 7.46. The molecule has 1 atom stereocenters. The van der Waals surface area contributed by atoms with Gasteiger partial charge in [-0.25, -0.2) is 0 Å². The first-order chi connectivity index (χ1) is 10.1. The van der Waals surface area contributed by atoms with Crippen LogP contribution in [0.5, 0.6) is 0 Å². The minimum atomic E-state index is -4.67. The van der Waals surface area contributed by atoms with E-state index in [1.165, 1.54) is 0 Å². The molecule has 9 heteroatoms. The topological polar surface area (TPSA) is 78.4 Å². The summed E-state index contributed by atoms with van der Waals surface area (Å²) < 4.78 is 38.0. The molecule has 1 aromatic rings. The molecule has 0 radical (unpaired) electrons. The van der Waals surface area contributed by atoms with Crippen molar-refractivity contribution in [1.82, 2.24) is 5.32 Å². The number of hydrogen-bond acceptors (Lipinski definition) is 3. The van der Waals surface area contributed by atoms with Gasteiger partial charge >= 0.3 is 18.0 Å². The molecule has 3 N–H and O–H groups in total. The number of alkyl halides is 3. The Kier molecular flexibility index (Phi) is 6.19. The highest BCUT2D eigenvalue weighted by Crippen LogP contribution is 2.36. The first-order valence-electron chi connectivity index (χ1n) is 6.22. The fraction of sp³-hybridized carbons (Fsp3) is 0.385. The van der Waals surface area contributed by atoms with Gasteiger partial charge < -0.3 is 15.7 Å². The number of aliphatic hydroxyl groups is 1. The van der Waals surface area contributed by atoms with Crippen molar-refractivity contribution >= 4 is 29.1 Å². The molecule has 0 aliphatic carbocycles. The summed E-state index contributed by atoms with van der Waals surface area (Å²) in [7, 11) is 0. The van der Waals surface area contributed by atoms with E-state index in [-0.39, 0.29) is 24.8 Å². The van der Waals surface area contributed by atoms with E-state index in [0.717, 1.165) is 12.1 Å². The summed E-state index contributed by atoms with van der Waals surface area (Å²) in [4.78, 5) is 23.0. The third-order valence-corrected chi connectivity index (χ3v) is 2.99. The second-order valence-electron chi connectivity index (χ2n) is 4.64. The molecule has 22 heavy (non-hydrogen) atoms. The highest BCUT2D eigenvalue weighted by Gasteiger charge is 2.33. The summed E-state index contributed by atoms with van der Waals surface area (Å²) in [5.41, 5.74) is -1.31. The average molecular weight is 339 g/mol. The molecule has 0 heterocycles. The Morgan fingerprint density at radius 2 is 1.95 bits per heavy atom. The molecule has 0 saturated carbocycles. The molecule has 0 aromatic heterocycles. The molecule has 0 bridgehead atoms. The van der Waals surface area contributed by atoms with E-state index in [9.17, 15) is 22.8 Å². The molecular weight excluding hydrogens is 325 g/mol. The number of aliphatic hydroxyl groups excluding tert-OH is 1. The van der Waals surface area contributed by atoms with Crippen molar-refractivity contribution in [2.24, 2.45) is 5.92 Å². The third kappa shape index (κ3) is 5.19. The molecular formula is C13H14ClF3N2O3. The largest absolute Gasteiger partial charge is 0.417 e. The predicted molar refractivity (Wildman–Crippen MR) is 74.3 cm³/mol. The predicted octanol–water partition coefficient (Wildman–Crippen LogP) is 2.04. The molecule has 0 aliphatic rings. The molecule has 1 aromatic carbocycles. The number of carbonyl (C=O) groups excluding carboxylic acids is 2. The minimum Gasteiger partial charge on any atom is -0.396 e. The molecule has 2 amide bonds. The number of hydrogen-bond donors (Lipinski definition) is 3. The van der Waals surface area contributed by atoms with Gasteiger partial charge in [0.1, 0.15) is 0 Å². The van der Waals surface area contributed by atoms with Crippen LogP contribution in [0.4, 0.5) is 18.9 Å². The van der Waals surface area contributed by atoms with Crippen molar-refractivity contribution in [1.29, 1.82) is 0 Å². The van der Waals surface area contributed by atoms with Crippen molar-refractivity contribution in [3.63, 3.8) is 0 Å². The van der Waals surface area contributed by atoms with E-state index in [2.05, 4.69) is 10.6 Å². The van der Waals surface area contributed by atoms with E-state index < -0.39 is 28.6 Å². The fourth-order valence-electron chi connectivity index (χ4n) is 1.42. The maximum absolute atomic E-state index is 12.7. The minimum absolute atomic E-state index is 0.0666. The van der Waals surface area contributed by atoms with Crippen LogP contribution in [0.3, 0.4) is 0 Å². The van der Waals surface area contributed by atoms with Crippen LogP contribution in [0.15, 0.2) is 18.2 Å². The summed E-state index contributed by atoms with van der Waals surface area (Å²) >= 11 is 5.44. The Bertz CT molecular complexity index is 564. The zero-order valence-corrected chi connectivity index (χ0v) is 12.3. The lowest BCUT2D eigenvalue weighted by Crippen LogP contribution is -2.38. The van der Waals surface area contributed by atoms with Gasteiger partial charge in [0.25, 0.3) is 0 Å².